The fourth-order valence-corrected chi connectivity index (χ4v) is 7.15. The number of piperidine rings is 2. The predicted molar refractivity (Wildman–Crippen MR) is 144 cm³/mol. The molecule has 194 valence electrons. The minimum atomic E-state index is 0.201. The number of likely N-dealkylation sites (tertiary alicyclic amines) is 2. The van der Waals surface area contributed by atoms with E-state index in [2.05, 4.69) is 20.8 Å². The van der Waals surface area contributed by atoms with Crippen LogP contribution in [0.2, 0.25) is 0 Å². The van der Waals surface area contributed by atoms with Gasteiger partial charge in [-0.2, -0.15) is 0 Å². The topological polar surface area (TPSA) is 39.7 Å². The van der Waals surface area contributed by atoms with Crippen LogP contribution in [0.5, 0.6) is 0 Å². The third-order valence-corrected chi connectivity index (χ3v) is 10.1. The van der Waals surface area contributed by atoms with Crippen molar-refractivity contribution < 1.29 is 4.79 Å². The summed E-state index contributed by atoms with van der Waals surface area (Å²) in [5.74, 6) is 2.11. The van der Waals surface area contributed by atoms with Crippen LogP contribution >= 0.6 is 0 Å². The third-order valence-electron chi connectivity index (χ3n) is 10.1. The van der Waals surface area contributed by atoms with E-state index in [0.717, 1.165) is 49.4 Å². The summed E-state index contributed by atoms with van der Waals surface area (Å²) in [6.45, 7) is 9.78. The minimum Gasteiger partial charge on any atom is -0.357 e. The lowest BCUT2D eigenvalue weighted by molar-refractivity contribution is 0.0305. The van der Waals surface area contributed by atoms with Gasteiger partial charge in [-0.05, 0) is 94.3 Å². The summed E-state index contributed by atoms with van der Waals surface area (Å²) in [5.41, 5.74) is 1.34. The molecule has 3 aliphatic heterocycles. The molecule has 1 aromatic heterocycles. The van der Waals surface area contributed by atoms with Gasteiger partial charge in [0.25, 0.3) is 5.91 Å². The third kappa shape index (κ3) is 5.40. The highest BCUT2D eigenvalue weighted by molar-refractivity contribution is 5.94. The number of rotatable bonds is 5. The van der Waals surface area contributed by atoms with Gasteiger partial charge in [0.2, 0.25) is 0 Å². The largest absolute Gasteiger partial charge is 0.357 e. The van der Waals surface area contributed by atoms with E-state index in [4.69, 9.17) is 4.98 Å². The Labute approximate surface area is 213 Å². The quantitative estimate of drug-likeness (QED) is 0.508. The zero-order valence-electron chi connectivity index (χ0n) is 22.4. The first-order valence-corrected chi connectivity index (χ1v) is 15.0. The lowest BCUT2D eigenvalue weighted by Crippen LogP contribution is -2.51. The van der Waals surface area contributed by atoms with Crippen LogP contribution in [0.4, 0.5) is 5.82 Å². The number of carbonyl (C=O) groups is 1. The van der Waals surface area contributed by atoms with E-state index in [9.17, 15) is 4.79 Å². The first-order valence-electron chi connectivity index (χ1n) is 15.0. The summed E-state index contributed by atoms with van der Waals surface area (Å²) in [6.07, 6.45) is 19.2. The molecule has 0 aromatic carbocycles. The molecule has 5 nitrogen and oxygen atoms in total. The Balaban J connectivity index is 0.00000124. The fourth-order valence-electron chi connectivity index (χ4n) is 7.15. The van der Waals surface area contributed by atoms with Crippen molar-refractivity contribution in [3.05, 3.63) is 23.9 Å². The average molecular weight is 481 g/mol. The molecule has 1 amide bonds. The second-order valence-electron chi connectivity index (χ2n) is 11.8. The number of hydrogen-bond donors (Lipinski definition) is 0. The molecule has 1 aromatic rings. The first kappa shape index (κ1) is 25.0. The monoisotopic (exact) mass is 480 g/mol. The molecule has 3 saturated heterocycles. The Morgan fingerprint density at radius 3 is 2.14 bits per heavy atom. The van der Waals surface area contributed by atoms with Crippen LogP contribution in [-0.2, 0) is 0 Å². The van der Waals surface area contributed by atoms with Gasteiger partial charge in [0.15, 0.2) is 0 Å². The van der Waals surface area contributed by atoms with Crippen LogP contribution in [0, 0.1) is 11.3 Å². The molecule has 1 unspecified atom stereocenters. The lowest BCUT2D eigenvalue weighted by Gasteiger charge is -2.50. The molecule has 2 saturated carbocycles. The highest BCUT2D eigenvalue weighted by Crippen LogP contribution is 2.43. The molecule has 5 fully saturated rings. The van der Waals surface area contributed by atoms with Gasteiger partial charge in [-0.15, -0.1) is 0 Å². The molecular weight excluding hydrogens is 432 g/mol. The number of pyridine rings is 1. The van der Waals surface area contributed by atoms with Crippen LogP contribution in [0.25, 0.3) is 0 Å². The summed E-state index contributed by atoms with van der Waals surface area (Å²) < 4.78 is 0. The Morgan fingerprint density at radius 1 is 0.886 bits per heavy atom. The zero-order chi connectivity index (χ0) is 24.3. The molecule has 4 heterocycles. The van der Waals surface area contributed by atoms with E-state index >= 15 is 0 Å². The summed E-state index contributed by atoms with van der Waals surface area (Å²) in [7, 11) is 0. The average Bonchev–Trinajstić information content (AvgIpc) is 3.32. The van der Waals surface area contributed by atoms with Gasteiger partial charge in [-0.25, -0.2) is 4.98 Å². The second kappa shape index (κ2) is 11.2. The van der Waals surface area contributed by atoms with Crippen molar-refractivity contribution in [2.24, 2.45) is 11.3 Å². The molecule has 35 heavy (non-hydrogen) atoms. The number of anilines is 1. The first-order chi connectivity index (χ1) is 17.2. The Kier molecular flexibility index (Phi) is 8.01. The summed E-state index contributed by atoms with van der Waals surface area (Å²) >= 11 is 0. The predicted octanol–water partition coefficient (Wildman–Crippen LogP) is 6.14. The van der Waals surface area contributed by atoms with Gasteiger partial charge in [-0.1, -0.05) is 39.5 Å². The number of carbonyl (C=O) groups excluding carboxylic acids is 1. The standard InChI is InChI=1S/C28H42N4O.C2H6/c33-27(32-15-3-8-25(32)20-22-4-1-5-22)23-9-10-26(29-21-23)31-18-13-28(14-19-31)11-16-30(17-12-28)24-6-2-7-24;1-2/h9-10,21-22,24-25H,1-8,11-20H2;1-2H3. The van der Waals surface area contributed by atoms with Gasteiger partial charge < -0.3 is 14.7 Å². The number of nitrogens with zero attached hydrogens (tertiary/aromatic N) is 4. The van der Waals surface area contributed by atoms with Crippen LogP contribution in [0.15, 0.2) is 18.3 Å². The van der Waals surface area contributed by atoms with Crippen molar-refractivity contribution in [3.8, 4) is 0 Å². The van der Waals surface area contributed by atoms with Crippen molar-refractivity contribution in [3.63, 3.8) is 0 Å². The zero-order valence-corrected chi connectivity index (χ0v) is 22.4. The molecule has 1 spiro atoms. The van der Waals surface area contributed by atoms with Crippen molar-refractivity contribution in [1.82, 2.24) is 14.8 Å². The highest BCUT2D eigenvalue weighted by Gasteiger charge is 2.40. The maximum atomic E-state index is 13.2. The number of amides is 1. The van der Waals surface area contributed by atoms with Crippen LogP contribution in [0.1, 0.15) is 108 Å². The van der Waals surface area contributed by atoms with Crippen molar-refractivity contribution in [2.45, 2.75) is 109 Å². The van der Waals surface area contributed by atoms with Crippen LogP contribution in [-0.4, -0.2) is 65.5 Å². The molecule has 0 bridgehead atoms. The van der Waals surface area contributed by atoms with Crippen LogP contribution in [0.3, 0.4) is 0 Å². The molecule has 6 rings (SSSR count). The van der Waals surface area contributed by atoms with Crippen molar-refractivity contribution >= 4 is 11.7 Å². The normalized spacial score (nSPS) is 27.2. The Hall–Kier alpha value is -1.62. The maximum Gasteiger partial charge on any atom is 0.255 e. The lowest BCUT2D eigenvalue weighted by atomic mass is 9.70. The van der Waals surface area contributed by atoms with E-state index < -0.39 is 0 Å². The van der Waals surface area contributed by atoms with E-state index in [0.29, 0.717) is 11.5 Å². The Bertz CT molecular complexity index is 813. The van der Waals surface area contributed by atoms with Crippen molar-refractivity contribution in [2.75, 3.05) is 37.6 Å². The SMILES string of the molecule is CC.O=C(c1ccc(N2CCC3(CC2)CCN(C2CCC2)CC3)nc1)N1CCCC1CC1CCC1. The van der Waals surface area contributed by atoms with Gasteiger partial charge in [-0.3, -0.25) is 4.79 Å². The van der Waals surface area contributed by atoms with Crippen molar-refractivity contribution in [1.29, 1.82) is 0 Å². The molecule has 5 heteroatoms. The van der Waals surface area contributed by atoms with E-state index in [-0.39, 0.29) is 5.91 Å². The Morgan fingerprint density at radius 2 is 1.57 bits per heavy atom. The van der Waals surface area contributed by atoms with Crippen LogP contribution < -0.4 is 4.90 Å². The van der Waals surface area contributed by atoms with E-state index in [1.54, 1.807) is 0 Å². The molecule has 5 aliphatic rings. The summed E-state index contributed by atoms with van der Waals surface area (Å²) in [5, 5.41) is 0. The van der Waals surface area contributed by atoms with Gasteiger partial charge in [0, 0.05) is 37.9 Å². The minimum absolute atomic E-state index is 0.201. The molecule has 2 aliphatic carbocycles. The molecular formula is C30H48N4O. The number of aromatic nitrogens is 1. The van der Waals surface area contributed by atoms with Gasteiger partial charge >= 0.3 is 0 Å². The highest BCUT2D eigenvalue weighted by atomic mass is 16.2. The summed E-state index contributed by atoms with van der Waals surface area (Å²) in [4.78, 5) is 25.3. The van der Waals surface area contributed by atoms with E-state index in [1.165, 1.54) is 90.1 Å². The van der Waals surface area contributed by atoms with E-state index in [1.807, 2.05) is 26.1 Å². The maximum absolute atomic E-state index is 13.2. The summed E-state index contributed by atoms with van der Waals surface area (Å²) in [6, 6.07) is 5.49. The smallest absolute Gasteiger partial charge is 0.255 e. The second-order valence-corrected chi connectivity index (χ2v) is 11.8. The molecule has 1 atom stereocenters. The number of hydrogen-bond acceptors (Lipinski definition) is 4. The fraction of sp³-hybridized carbons (Fsp3) is 0.800. The van der Waals surface area contributed by atoms with Gasteiger partial charge in [0.1, 0.15) is 5.82 Å². The molecule has 0 radical (unpaired) electrons. The van der Waals surface area contributed by atoms with Gasteiger partial charge in [0.05, 0.1) is 5.56 Å². The molecule has 0 N–H and O–H groups in total.